The van der Waals surface area contributed by atoms with E-state index in [0.717, 1.165) is 49.8 Å². The number of allylic oxidation sites excluding steroid dienone is 2. The standard InChI is InChI=1S/C25H39N3O2/c1-15(2)21(11-18(5)27-24(29)19-9-7-8-16(3)10-19)22-13-20-14-26-17(4)12-23(20)28(6)25(22)30/h11,16-17,19-20,22-23,26H,1,5,7-10,12-14H2,2-4,6H3,(H,27,29)/b21-11+. The van der Waals surface area contributed by atoms with Gasteiger partial charge in [-0.2, -0.15) is 0 Å². The first kappa shape index (κ1) is 22.8. The van der Waals surface area contributed by atoms with Crippen molar-refractivity contribution in [2.45, 2.75) is 71.4 Å². The largest absolute Gasteiger partial charge is 0.342 e. The first-order valence-corrected chi connectivity index (χ1v) is 11.5. The van der Waals surface area contributed by atoms with Gasteiger partial charge in [0.15, 0.2) is 0 Å². The summed E-state index contributed by atoms with van der Waals surface area (Å²) < 4.78 is 0. The van der Waals surface area contributed by atoms with E-state index in [9.17, 15) is 9.59 Å². The molecule has 0 aromatic carbocycles. The second-order valence-electron chi connectivity index (χ2n) is 9.97. The molecule has 3 rings (SSSR count). The summed E-state index contributed by atoms with van der Waals surface area (Å²) in [5.41, 5.74) is 2.31. The number of carbonyl (C=O) groups excluding carboxylic acids is 2. The number of carbonyl (C=O) groups is 2. The number of nitrogens with zero attached hydrogens (tertiary/aromatic N) is 1. The smallest absolute Gasteiger partial charge is 0.230 e. The monoisotopic (exact) mass is 413 g/mol. The van der Waals surface area contributed by atoms with Crippen molar-refractivity contribution in [1.82, 2.24) is 15.5 Å². The van der Waals surface area contributed by atoms with E-state index in [1.807, 2.05) is 24.9 Å². The summed E-state index contributed by atoms with van der Waals surface area (Å²) in [5, 5.41) is 6.55. The van der Waals surface area contributed by atoms with Crippen LogP contribution in [0.25, 0.3) is 0 Å². The van der Waals surface area contributed by atoms with Crippen LogP contribution in [0, 0.1) is 23.7 Å². The van der Waals surface area contributed by atoms with E-state index in [-0.39, 0.29) is 23.7 Å². The predicted octanol–water partition coefficient (Wildman–Crippen LogP) is 3.79. The molecule has 3 fully saturated rings. The van der Waals surface area contributed by atoms with Gasteiger partial charge in [-0.1, -0.05) is 38.5 Å². The zero-order valence-electron chi connectivity index (χ0n) is 19.2. The van der Waals surface area contributed by atoms with Gasteiger partial charge in [0.2, 0.25) is 11.8 Å². The molecule has 2 N–H and O–H groups in total. The Morgan fingerprint density at radius 3 is 2.60 bits per heavy atom. The summed E-state index contributed by atoms with van der Waals surface area (Å²) in [4.78, 5) is 27.9. The molecule has 0 radical (unpaired) electrons. The number of amides is 2. The number of nitrogens with one attached hydrogen (secondary N) is 2. The first-order valence-electron chi connectivity index (χ1n) is 11.5. The number of fused-ring (bicyclic) bond motifs is 1. The average Bonchev–Trinajstić information content (AvgIpc) is 2.69. The van der Waals surface area contributed by atoms with Crippen molar-refractivity contribution in [3.8, 4) is 0 Å². The second-order valence-corrected chi connectivity index (χ2v) is 9.97. The van der Waals surface area contributed by atoms with Crippen LogP contribution in [0.2, 0.25) is 0 Å². The lowest BCUT2D eigenvalue weighted by molar-refractivity contribution is -0.142. The molecule has 5 heteroatoms. The molecule has 166 valence electrons. The Kier molecular flexibility index (Phi) is 7.22. The van der Waals surface area contributed by atoms with Crippen molar-refractivity contribution in [3.05, 3.63) is 36.1 Å². The maximum absolute atomic E-state index is 13.2. The lowest BCUT2D eigenvalue weighted by atomic mass is 9.74. The van der Waals surface area contributed by atoms with Crippen molar-refractivity contribution in [3.63, 3.8) is 0 Å². The van der Waals surface area contributed by atoms with E-state index < -0.39 is 0 Å². The van der Waals surface area contributed by atoms with Gasteiger partial charge in [-0.05, 0) is 63.0 Å². The van der Waals surface area contributed by atoms with Crippen molar-refractivity contribution in [1.29, 1.82) is 0 Å². The zero-order valence-corrected chi connectivity index (χ0v) is 19.2. The summed E-state index contributed by atoms with van der Waals surface area (Å²) in [5.74, 6) is 1.07. The molecule has 3 aliphatic rings. The van der Waals surface area contributed by atoms with Gasteiger partial charge in [0.05, 0.1) is 5.92 Å². The minimum absolute atomic E-state index is 0.0569. The first-order chi connectivity index (χ1) is 14.2. The van der Waals surface area contributed by atoms with Crippen molar-refractivity contribution in [2.24, 2.45) is 23.7 Å². The molecule has 2 heterocycles. The highest BCUT2D eigenvalue weighted by atomic mass is 16.2. The molecule has 1 saturated carbocycles. The summed E-state index contributed by atoms with van der Waals surface area (Å²) in [7, 11) is 1.93. The summed E-state index contributed by atoms with van der Waals surface area (Å²) in [6.45, 7) is 15.5. The number of rotatable bonds is 5. The predicted molar refractivity (Wildman–Crippen MR) is 122 cm³/mol. The van der Waals surface area contributed by atoms with Crippen molar-refractivity contribution >= 4 is 11.8 Å². The molecule has 30 heavy (non-hydrogen) atoms. The van der Waals surface area contributed by atoms with Crippen LogP contribution >= 0.6 is 0 Å². The molecular weight excluding hydrogens is 374 g/mol. The van der Waals surface area contributed by atoms with E-state index >= 15 is 0 Å². The van der Waals surface area contributed by atoms with Crippen LogP contribution in [0.5, 0.6) is 0 Å². The van der Waals surface area contributed by atoms with Crippen molar-refractivity contribution in [2.75, 3.05) is 13.6 Å². The molecule has 2 aliphatic heterocycles. The Morgan fingerprint density at radius 1 is 1.20 bits per heavy atom. The van der Waals surface area contributed by atoms with Gasteiger partial charge in [0.1, 0.15) is 0 Å². The van der Waals surface area contributed by atoms with Gasteiger partial charge in [0, 0.05) is 37.3 Å². The van der Waals surface area contributed by atoms with Crippen LogP contribution in [0.4, 0.5) is 0 Å². The molecule has 5 nitrogen and oxygen atoms in total. The Balaban J connectivity index is 1.72. The maximum Gasteiger partial charge on any atom is 0.230 e. The fourth-order valence-electron chi connectivity index (χ4n) is 5.59. The van der Waals surface area contributed by atoms with E-state index in [2.05, 4.69) is 37.6 Å². The van der Waals surface area contributed by atoms with Crippen LogP contribution in [0.15, 0.2) is 36.1 Å². The minimum atomic E-state index is -0.229. The highest BCUT2D eigenvalue weighted by Gasteiger charge is 2.43. The van der Waals surface area contributed by atoms with Gasteiger partial charge >= 0.3 is 0 Å². The highest BCUT2D eigenvalue weighted by molar-refractivity contribution is 5.84. The molecule has 6 unspecified atom stereocenters. The topological polar surface area (TPSA) is 61.4 Å². The van der Waals surface area contributed by atoms with Gasteiger partial charge < -0.3 is 15.5 Å². The molecule has 0 aromatic heterocycles. The number of piperidine rings is 2. The van der Waals surface area contributed by atoms with E-state index in [4.69, 9.17) is 0 Å². The highest BCUT2D eigenvalue weighted by Crippen LogP contribution is 2.37. The van der Waals surface area contributed by atoms with Crippen LogP contribution in [-0.4, -0.2) is 42.4 Å². The fraction of sp³-hybridized carbons (Fsp3) is 0.680. The SMILES string of the molecule is C=C(/C=C(\C(=C)C)C1CC2CNC(C)CC2N(C)C1=O)NC(=O)C1CCCC(C)C1. The number of hydrogen-bond donors (Lipinski definition) is 2. The molecule has 1 aliphatic carbocycles. The van der Waals surface area contributed by atoms with Crippen LogP contribution < -0.4 is 10.6 Å². The molecule has 2 saturated heterocycles. The van der Waals surface area contributed by atoms with E-state index in [1.165, 1.54) is 6.42 Å². The third kappa shape index (κ3) is 5.05. The molecular formula is C25H39N3O2. The number of likely N-dealkylation sites (tertiary alicyclic amines) is 1. The third-order valence-corrected chi connectivity index (χ3v) is 7.34. The Labute approximate surface area is 182 Å². The third-order valence-electron chi connectivity index (χ3n) is 7.34. The molecule has 0 bridgehead atoms. The molecule has 0 aromatic rings. The molecule has 6 atom stereocenters. The number of hydrogen-bond acceptors (Lipinski definition) is 3. The van der Waals surface area contributed by atoms with Gasteiger partial charge in [-0.3, -0.25) is 9.59 Å². The van der Waals surface area contributed by atoms with Crippen LogP contribution in [0.1, 0.15) is 59.3 Å². The van der Waals surface area contributed by atoms with Crippen LogP contribution in [-0.2, 0) is 9.59 Å². The summed E-state index contributed by atoms with van der Waals surface area (Å²) >= 11 is 0. The molecule has 0 spiro atoms. The zero-order chi connectivity index (χ0) is 22.0. The lowest BCUT2D eigenvalue weighted by Gasteiger charge is -2.47. The minimum Gasteiger partial charge on any atom is -0.342 e. The Bertz CT molecular complexity index is 741. The van der Waals surface area contributed by atoms with E-state index in [1.54, 1.807) is 0 Å². The quantitative estimate of drug-likeness (QED) is 0.674. The van der Waals surface area contributed by atoms with E-state index in [0.29, 0.717) is 29.6 Å². The Morgan fingerprint density at radius 2 is 1.93 bits per heavy atom. The van der Waals surface area contributed by atoms with Crippen molar-refractivity contribution < 1.29 is 9.59 Å². The lowest BCUT2D eigenvalue weighted by Crippen LogP contribution is -2.58. The fourth-order valence-corrected chi connectivity index (χ4v) is 5.59. The van der Waals surface area contributed by atoms with Crippen LogP contribution in [0.3, 0.4) is 0 Å². The maximum atomic E-state index is 13.2. The summed E-state index contributed by atoms with van der Waals surface area (Å²) in [6, 6.07) is 0.735. The Hall–Kier alpha value is -1.88. The normalized spacial score (nSPS) is 34.9. The average molecular weight is 414 g/mol. The molecule has 2 amide bonds. The van der Waals surface area contributed by atoms with Gasteiger partial charge in [-0.15, -0.1) is 0 Å². The second kappa shape index (κ2) is 9.51. The summed E-state index contributed by atoms with van der Waals surface area (Å²) in [6.07, 6.45) is 7.88. The van der Waals surface area contributed by atoms with Gasteiger partial charge in [-0.25, -0.2) is 0 Å². The van der Waals surface area contributed by atoms with Gasteiger partial charge in [0.25, 0.3) is 0 Å².